The molecule has 0 aliphatic carbocycles. The summed E-state index contributed by atoms with van der Waals surface area (Å²) in [5.74, 6) is 0.306. The van der Waals surface area contributed by atoms with Crippen LogP contribution in [0.3, 0.4) is 0 Å². The van der Waals surface area contributed by atoms with E-state index < -0.39 is 0 Å². The Morgan fingerprint density at radius 1 is 1.60 bits per heavy atom. The molecule has 1 amide bonds. The molecule has 0 N–H and O–H groups in total. The molecule has 1 unspecified atom stereocenters. The van der Waals surface area contributed by atoms with Crippen LogP contribution in [0.25, 0.3) is 0 Å². The summed E-state index contributed by atoms with van der Waals surface area (Å²) in [6, 6.07) is 0. The molecule has 0 radical (unpaired) electrons. The van der Waals surface area contributed by atoms with Crippen LogP contribution >= 0.6 is 0 Å². The Labute approximate surface area is 136 Å². The predicted molar refractivity (Wildman–Crippen MR) is 65.7 cm³/mol. The fourth-order valence-corrected chi connectivity index (χ4v) is 2.38. The Hall–Kier alpha value is 1.04. The summed E-state index contributed by atoms with van der Waals surface area (Å²) in [7, 11) is 0. The van der Waals surface area contributed by atoms with Gasteiger partial charge in [-0.05, 0) is 18.3 Å². The van der Waals surface area contributed by atoms with Gasteiger partial charge in [-0.1, -0.05) is 20.3 Å². The second kappa shape index (κ2) is 7.38. The minimum Gasteiger partial charge on any atom is -1.00 e. The van der Waals surface area contributed by atoms with Crippen LogP contribution in [0.15, 0.2) is 0 Å². The molecule has 1 aliphatic rings. The first-order valence-corrected chi connectivity index (χ1v) is 5.68. The molecule has 0 aromatic rings. The van der Waals surface area contributed by atoms with Crippen LogP contribution in [0.4, 0.5) is 0 Å². The van der Waals surface area contributed by atoms with Crippen LogP contribution in [0.2, 0.25) is 0 Å². The smallest absolute Gasteiger partial charge is 1.00 e. The molecule has 1 atom stereocenters. The van der Waals surface area contributed by atoms with Crippen molar-refractivity contribution in [3.8, 4) is 0 Å². The fourth-order valence-electron chi connectivity index (χ4n) is 2.38. The SMILES string of the molecule is [Ba+2].[CH2-]CCC1(C)CCCN(C(=O)CC)C1.[H-]. The summed E-state index contributed by atoms with van der Waals surface area (Å²) < 4.78 is 0. The number of rotatable bonds is 3. The molecule has 0 spiro atoms. The Morgan fingerprint density at radius 3 is 2.80 bits per heavy atom. The first kappa shape index (κ1) is 16.0. The normalized spacial score (nSPS) is 25.9. The molecule has 0 aromatic carbocycles. The van der Waals surface area contributed by atoms with Gasteiger partial charge in [-0.2, -0.15) is 6.42 Å². The second-order valence-electron chi connectivity index (χ2n) is 4.69. The zero-order valence-electron chi connectivity index (χ0n) is 11.2. The van der Waals surface area contributed by atoms with E-state index in [4.69, 9.17) is 0 Å². The van der Waals surface area contributed by atoms with Crippen molar-refractivity contribution in [3.63, 3.8) is 0 Å². The number of nitrogens with zero attached hydrogens (tertiary/aromatic N) is 1. The van der Waals surface area contributed by atoms with Crippen LogP contribution in [-0.4, -0.2) is 72.8 Å². The Morgan fingerprint density at radius 2 is 2.27 bits per heavy atom. The van der Waals surface area contributed by atoms with Gasteiger partial charge >= 0.3 is 48.9 Å². The van der Waals surface area contributed by atoms with Gasteiger partial charge in [-0.25, -0.2) is 0 Å². The molecule has 2 nitrogen and oxygen atoms in total. The number of piperidine rings is 1. The average Bonchev–Trinajstić information content (AvgIpc) is 2.16. The maximum absolute atomic E-state index is 11.6. The summed E-state index contributed by atoms with van der Waals surface area (Å²) in [6.45, 7) is 10.0. The molecule has 15 heavy (non-hydrogen) atoms. The maximum Gasteiger partial charge on any atom is 2.00 e. The summed E-state index contributed by atoms with van der Waals surface area (Å²) in [5, 5.41) is 0. The molecule has 84 valence electrons. The van der Waals surface area contributed by atoms with Crippen LogP contribution in [0.5, 0.6) is 0 Å². The minimum atomic E-state index is 0. The Bertz CT molecular complexity index is 209. The van der Waals surface area contributed by atoms with Crippen molar-refractivity contribution in [2.24, 2.45) is 5.41 Å². The van der Waals surface area contributed by atoms with Gasteiger partial charge in [0.2, 0.25) is 5.91 Å². The van der Waals surface area contributed by atoms with E-state index in [-0.39, 0.29) is 50.3 Å². The quantitative estimate of drug-likeness (QED) is 0.573. The third-order valence-electron chi connectivity index (χ3n) is 3.22. The second-order valence-corrected chi connectivity index (χ2v) is 4.69. The van der Waals surface area contributed by atoms with Gasteiger partial charge in [0.15, 0.2) is 0 Å². The first-order chi connectivity index (χ1) is 6.61. The minimum absolute atomic E-state index is 0. The number of carbonyl (C=O) groups excluding carboxylic acids is 1. The van der Waals surface area contributed by atoms with Crippen molar-refractivity contribution in [2.75, 3.05) is 13.1 Å². The van der Waals surface area contributed by atoms with E-state index in [0.29, 0.717) is 17.7 Å². The van der Waals surface area contributed by atoms with Gasteiger partial charge in [0.1, 0.15) is 0 Å². The zero-order chi connectivity index (χ0) is 10.6. The molecule has 3 heteroatoms. The largest absolute Gasteiger partial charge is 2.00 e. The van der Waals surface area contributed by atoms with E-state index in [2.05, 4.69) is 13.8 Å². The molecule has 0 aromatic heterocycles. The molecule has 1 fully saturated rings. The number of hydrogen-bond donors (Lipinski definition) is 0. The van der Waals surface area contributed by atoms with E-state index >= 15 is 0 Å². The van der Waals surface area contributed by atoms with Gasteiger partial charge in [0.25, 0.3) is 0 Å². The molecule has 1 aliphatic heterocycles. The summed E-state index contributed by atoms with van der Waals surface area (Å²) >= 11 is 0. The van der Waals surface area contributed by atoms with E-state index in [1.165, 1.54) is 6.42 Å². The third kappa shape index (κ3) is 4.82. The number of likely N-dealkylation sites (tertiary alicyclic amines) is 1. The van der Waals surface area contributed by atoms with Crippen LogP contribution in [0.1, 0.15) is 47.4 Å². The zero-order valence-corrected chi connectivity index (χ0v) is 14.7. The van der Waals surface area contributed by atoms with Gasteiger partial charge in [-0.15, -0.1) is 0 Å². The van der Waals surface area contributed by atoms with E-state index in [1.807, 2.05) is 11.8 Å². The average molecular weight is 335 g/mol. The topological polar surface area (TPSA) is 20.3 Å². The van der Waals surface area contributed by atoms with Crippen molar-refractivity contribution < 1.29 is 6.22 Å². The molecule has 1 rings (SSSR count). The Balaban J connectivity index is 0. The van der Waals surface area contributed by atoms with Crippen molar-refractivity contribution in [1.29, 1.82) is 0 Å². The maximum atomic E-state index is 11.6. The molecule has 1 heterocycles. The molecular weight excluding hydrogens is 311 g/mol. The van der Waals surface area contributed by atoms with Crippen molar-refractivity contribution in [2.45, 2.75) is 46.0 Å². The van der Waals surface area contributed by atoms with E-state index in [9.17, 15) is 4.79 Å². The summed E-state index contributed by atoms with van der Waals surface area (Å²) in [4.78, 5) is 13.6. The standard InChI is InChI=1S/C12H22NO.Ba.H/c1-4-7-12(3)8-6-9-13(10-12)11(14)5-2;;/h1,4-10H2,2-3H3;;/q-1;+2;-1. The van der Waals surface area contributed by atoms with Crippen LogP contribution < -0.4 is 0 Å². The monoisotopic (exact) mass is 335 g/mol. The van der Waals surface area contributed by atoms with Crippen molar-refractivity contribution in [3.05, 3.63) is 6.92 Å². The van der Waals surface area contributed by atoms with Gasteiger partial charge in [0.05, 0.1) is 0 Å². The number of hydrogen-bond acceptors (Lipinski definition) is 1. The van der Waals surface area contributed by atoms with Gasteiger partial charge in [-0.3, -0.25) is 4.79 Å². The van der Waals surface area contributed by atoms with Gasteiger partial charge in [0, 0.05) is 19.5 Å². The van der Waals surface area contributed by atoms with Gasteiger partial charge < -0.3 is 13.3 Å². The Kier molecular flexibility index (Phi) is 7.90. The summed E-state index contributed by atoms with van der Waals surface area (Å²) in [5.41, 5.74) is 0.324. The summed E-state index contributed by atoms with van der Waals surface area (Å²) in [6.07, 6.45) is 5.16. The number of amides is 1. The molecule has 0 saturated carbocycles. The number of carbonyl (C=O) groups is 1. The van der Waals surface area contributed by atoms with E-state index in [0.717, 1.165) is 32.4 Å². The third-order valence-corrected chi connectivity index (χ3v) is 3.22. The van der Waals surface area contributed by atoms with Crippen molar-refractivity contribution in [1.82, 2.24) is 4.90 Å². The van der Waals surface area contributed by atoms with Crippen molar-refractivity contribution >= 4 is 54.8 Å². The van der Waals surface area contributed by atoms with Crippen LogP contribution in [-0.2, 0) is 4.79 Å². The molecular formula is C12H23BaNO. The van der Waals surface area contributed by atoms with E-state index in [1.54, 1.807) is 0 Å². The first-order valence-electron chi connectivity index (χ1n) is 5.68. The predicted octanol–water partition coefficient (Wildman–Crippen LogP) is 2.37. The molecule has 0 bridgehead atoms. The van der Waals surface area contributed by atoms with Crippen LogP contribution in [0, 0.1) is 12.3 Å². The fraction of sp³-hybridized carbons (Fsp3) is 0.833. The molecule has 1 saturated heterocycles.